The minimum Gasteiger partial charge on any atom is -0.495 e. The lowest BCUT2D eigenvalue weighted by Gasteiger charge is -2.24. The smallest absolute Gasteiger partial charge is 0.247 e. The second-order valence-corrected chi connectivity index (χ2v) is 8.45. The summed E-state index contributed by atoms with van der Waals surface area (Å²) >= 11 is 0. The number of ether oxygens (including phenoxy) is 1. The predicted octanol–water partition coefficient (Wildman–Crippen LogP) is 3.15. The summed E-state index contributed by atoms with van der Waals surface area (Å²) < 4.78 is 33.5. The van der Waals surface area contributed by atoms with E-state index in [1.165, 1.54) is 11.4 Å². The van der Waals surface area contributed by atoms with Crippen molar-refractivity contribution in [2.24, 2.45) is 0 Å². The second-order valence-electron chi connectivity index (χ2n) is 6.59. The molecule has 1 fully saturated rings. The van der Waals surface area contributed by atoms with Crippen molar-refractivity contribution in [3.05, 3.63) is 66.7 Å². The van der Waals surface area contributed by atoms with E-state index >= 15 is 0 Å². The van der Waals surface area contributed by atoms with E-state index in [1.807, 2.05) is 18.2 Å². The lowest BCUT2D eigenvalue weighted by atomic mass is 10.1. The molecule has 1 atom stereocenters. The fourth-order valence-corrected chi connectivity index (χ4v) is 5.31. The number of nitrogens with one attached hydrogen (secondary N) is 1. The molecule has 0 amide bonds. The number of methoxy groups -OCH3 is 1. The van der Waals surface area contributed by atoms with Gasteiger partial charge < -0.3 is 10.1 Å². The number of nitrogens with zero attached hydrogens (tertiary/aromatic N) is 4. The molecule has 9 heteroatoms. The minimum absolute atomic E-state index is 0.170. The monoisotopic (exact) mass is 411 g/mol. The van der Waals surface area contributed by atoms with Crippen LogP contribution in [0.1, 0.15) is 24.6 Å². The van der Waals surface area contributed by atoms with Gasteiger partial charge in [-0.25, -0.2) is 18.4 Å². The summed E-state index contributed by atoms with van der Waals surface area (Å²) in [5, 5.41) is 3.10. The number of pyridine rings is 1. The molecule has 1 aliphatic rings. The van der Waals surface area contributed by atoms with Crippen molar-refractivity contribution in [3.8, 4) is 5.75 Å². The van der Waals surface area contributed by atoms with Gasteiger partial charge in [0.2, 0.25) is 10.0 Å². The number of para-hydroxylation sites is 1. The van der Waals surface area contributed by atoms with Crippen LogP contribution in [0.25, 0.3) is 0 Å². The average Bonchev–Trinajstić information content (AvgIpc) is 3.26. The van der Waals surface area contributed by atoms with E-state index in [0.717, 1.165) is 6.42 Å². The van der Waals surface area contributed by atoms with Crippen molar-refractivity contribution in [3.63, 3.8) is 0 Å². The summed E-state index contributed by atoms with van der Waals surface area (Å²) in [7, 11) is -2.25. The first-order chi connectivity index (χ1) is 14.1. The number of hydrogen-bond donors (Lipinski definition) is 1. The van der Waals surface area contributed by atoms with E-state index in [4.69, 9.17) is 4.74 Å². The molecular weight excluding hydrogens is 390 g/mol. The number of hydrogen-bond acceptors (Lipinski definition) is 7. The fourth-order valence-electron chi connectivity index (χ4n) is 3.48. The van der Waals surface area contributed by atoms with Crippen LogP contribution in [0.2, 0.25) is 0 Å². The van der Waals surface area contributed by atoms with E-state index in [1.54, 1.807) is 42.9 Å². The highest BCUT2D eigenvalue weighted by Gasteiger charge is 2.38. The number of anilines is 2. The molecule has 1 aliphatic heterocycles. The molecule has 3 aromatic rings. The maximum absolute atomic E-state index is 13.4. The van der Waals surface area contributed by atoms with Gasteiger partial charge in [-0.1, -0.05) is 18.2 Å². The normalized spacial score (nSPS) is 17.2. The molecule has 0 bridgehead atoms. The lowest BCUT2D eigenvalue weighted by molar-refractivity contribution is 0.377. The number of rotatable bonds is 6. The molecule has 0 radical (unpaired) electrons. The first-order valence-corrected chi connectivity index (χ1v) is 10.7. The Morgan fingerprint density at radius 3 is 2.76 bits per heavy atom. The molecule has 3 heterocycles. The first-order valence-electron chi connectivity index (χ1n) is 9.24. The van der Waals surface area contributed by atoms with Crippen LogP contribution in [0.5, 0.6) is 5.75 Å². The van der Waals surface area contributed by atoms with Crippen molar-refractivity contribution in [2.45, 2.75) is 23.8 Å². The standard InChI is InChI=1S/C20H21N5O3S/c1-28-17-8-2-3-9-18(17)29(26,27)25-13-5-7-16(25)15-6-4-10-19(23-15)24-20-14-21-11-12-22-20/h2-4,6,8-12,14,16H,5,7,13H2,1H3,(H,22,23,24)/t16-/m0/s1. The van der Waals surface area contributed by atoms with Crippen molar-refractivity contribution in [1.29, 1.82) is 0 Å². The highest BCUT2D eigenvalue weighted by Crippen LogP contribution is 2.38. The first kappa shape index (κ1) is 19.3. The number of aromatic nitrogens is 3. The van der Waals surface area contributed by atoms with Gasteiger partial charge in [0.05, 0.1) is 25.0 Å². The Morgan fingerprint density at radius 2 is 1.97 bits per heavy atom. The molecule has 1 aromatic carbocycles. The van der Waals surface area contributed by atoms with Crippen LogP contribution in [0, 0.1) is 0 Å². The molecule has 2 aromatic heterocycles. The number of sulfonamides is 1. The third-order valence-corrected chi connectivity index (χ3v) is 6.74. The maximum Gasteiger partial charge on any atom is 0.247 e. The van der Waals surface area contributed by atoms with Crippen LogP contribution in [0.15, 0.2) is 66.0 Å². The minimum atomic E-state index is -3.72. The van der Waals surface area contributed by atoms with Gasteiger partial charge in [0.1, 0.15) is 22.3 Å². The van der Waals surface area contributed by atoms with Crippen LogP contribution < -0.4 is 10.1 Å². The SMILES string of the molecule is COc1ccccc1S(=O)(=O)N1CCC[C@H]1c1cccc(Nc2cnccn2)n1. The van der Waals surface area contributed by atoms with E-state index in [2.05, 4.69) is 20.3 Å². The zero-order chi connectivity index (χ0) is 20.3. The molecule has 1 N–H and O–H groups in total. The molecule has 0 spiro atoms. The van der Waals surface area contributed by atoms with Crippen LogP contribution in [0.4, 0.5) is 11.6 Å². The molecular formula is C20H21N5O3S. The fraction of sp³-hybridized carbons (Fsp3) is 0.250. The highest BCUT2D eigenvalue weighted by molar-refractivity contribution is 7.89. The molecule has 0 aliphatic carbocycles. The Morgan fingerprint density at radius 1 is 1.10 bits per heavy atom. The summed E-state index contributed by atoms with van der Waals surface area (Å²) in [5.41, 5.74) is 0.690. The van der Waals surface area contributed by atoms with Crippen LogP contribution in [0.3, 0.4) is 0 Å². The Hall–Kier alpha value is -3.04. The Bertz CT molecular complexity index is 1090. The zero-order valence-corrected chi connectivity index (χ0v) is 16.7. The van der Waals surface area contributed by atoms with Gasteiger partial charge in [0, 0.05) is 18.9 Å². The predicted molar refractivity (Wildman–Crippen MR) is 108 cm³/mol. The lowest BCUT2D eigenvalue weighted by Crippen LogP contribution is -2.31. The second kappa shape index (κ2) is 8.14. The van der Waals surface area contributed by atoms with Crippen molar-refractivity contribution < 1.29 is 13.2 Å². The Balaban J connectivity index is 1.64. The Kier molecular flexibility index (Phi) is 5.41. The summed E-state index contributed by atoms with van der Waals surface area (Å²) in [6, 6.07) is 11.9. The van der Waals surface area contributed by atoms with Gasteiger partial charge in [0.15, 0.2) is 0 Å². The van der Waals surface area contributed by atoms with E-state index in [-0.39, 0.29) is 10.9 Å². The molecule has 29 heavy (non-hydrogen) atoms. The van der Waals surface area contributed by atoms with Crippen LogP contribution in [-0.4, -0.2) is 41.3 Å². The van der Waals surface area contributed by atoms with Crippen molar-refractivity contribution in [2.75, 3.05) is 19.0 Å². The van der Waals surface area contributed by atoms with E-state index in [9.17, 15) is 8.42 Å². The van der Waals surface area contributed by atoms with Gasteiger partial charge in [-0.05, 0) is 37.1 Å². The Labute approximate surface area is 169 Å². The van der Waals surface area contributed by atoms with Gasteiger partial charge in [-0.15, -0.1) is 0 Å². The van der Waals surface area contributed by atoms with Gasteiger partial charge in [-0.3, -0.25) is 4.98 Å². The van der Waals surface area contributed by atoms with Gasteiger partial charge in [-0.2, -0.15) is 4.31 Å². The summed E-state index contributed by atoms with van der Waals surface area (Å²) in [4.78, 5) is 13.0. The summed E-state index contributed by atoms with van der Waals surface area (Å²) in [6.07, 6.45) is 6.25. The van der Waals surface area contributed by atoms with Gasteiger partial charge >= 0.3 is 0 Å². The van der Waals surface area contributed by atoms with Crippen molar-refractivity contribution in [1.82, 2.24) is 19.3 Å². The van der Waals surface area contributed by atoms with Crippen LogP contribution >= 0.6 is 0 Å². The largest absolute Gasteiger partial charge is 0.495 e. The molecule has 0 unspecified atom stereocenters. The van der Waals surface area contributed by atoms with E-state index < -0.39 is 10.0 Å². The molecule has 1 saturated heterocycles. The zero-order valence-electron chi connectivity index (χ0n) is 15.9. The third kappa shape index (κ3) is 3.92. The highest BCUT2D eigenvalue weighted by atomic mass is 32.2. The summed E-state index contributed by atoms with van der Waals surface area (Å²) in [6.45, 7) is 0.439. The molecule has 0 saturated carbocycles. The molecule has 4 rings (SSSR count). The van der Waals surface area contributed by atoms with Crippen molar-refractivity contribution >= 4 is 21.7 Å². The van der Waals surface area contributed by atoms with Gasteiger partial charge in [0.25, 0.3) is 0 Å². The summed E-state index contributed by atoms with van der Waals surface area (Å²) in [5.74, 6) is 1.50. The number of benzene rings is 1. The van der Waals surface area contributed by atoms with Crippen LogP contribution in [-0.2, 0) is 10.0 Å². The average molecular weight is 411 g/mol. The van der Waals surface area contributed by atoms with E-state index in [0.29, 0.717) is 36.0 Å². The maximum atomic E-state index is 13.4. The molecule has 8 nitrogen and oxygen atoms in total. The quantitative estimate of drug-likeness (QED) is 0.665. The third-order valence-electron chi connectivity index (χ3n) is 4.79. The topological polar surface area (TPSA) is 97.3 Å². The molecule has 150 valence electrons.